The van der Waals surface area contributed by atoms with Gasteiger partial charge in [-0.25, -0.2) is 0 Å². The van der Waals surface area contributed by atoms with E-state index in [1.807, 2.05) is 0 Å². The summed E-state index contributed by atoms with van der Waals surface area (Å²) in [4.78, 5) is 0. The van der Waals surface area contributed by atoms with Gasteiger partial charge in [-0.2, -0.15) is 35.1 Å². The molecule has 17 heavy (non-hydrogen) atoms. The van der Waals surface area contributed by atoms with Crippen LogP contribution in [0.1, 0.15) is 0 Å². The predicted molar refractivity (Wildman–Crippen MR) is 34.6 cm³/mol. The Morgan fingerprint density at radius 1 is 0.882 bits per heavy atom. The van der Waals surface area contributed by atoms with Crippen molar-refractivity contribution in [2.75, 3.05) is 0 Å². The Balaban J connectivity index is 0. The van der Waals surface area contributed by atoms with Gasteiger partial charge < -0.3 is 4.55 Å². The topological polar surface area (TPSA) is 40.1 Å². The maximum atomic E-state index is 12.3. The van der Waals surface area contributed by atoms with Crippen LogP contribution < -0.4 is 29.6 Å². The van der Waals surface area contributed by atoms with E-state index in [-0.39, 0.29) is 29.6 Å². The smallest absolute Gasteiger partial charge is 0.768 e. The summed E-state index contributed by atoms with van der Waals surface area (Å²) in [6.07, 6.45) is 0. The molecular weight excluding hydrogens is 323 g/mol. The molecule has 0 aliphatic carbocycles. The first-order valence-electron chi connectivity index (χ1n) is 2.99. The molecule has 2 nitrogen and oxygen atoms in total. The van der Waals surface area contributed by atoms with Crippen molar-refractivity contribution < 1.29 is 73.4 Å². The van der Waals surface area contributed by atoms with Crippen molar-refractivity contribution in [3.63, 3.8) is 0 Å². The Morgan fingerprint density at radius 2 is 1.18 bits per heavy atom. The molecule has 0 aromatic carbocycles. The van der Waals surface area contributed by atoms with E-state index in [1.54, 1.807) is 0 Å². The average molecular weight is 323 g/mol. The van der Waals surface area contributed by atoms with E-state index in [4.69, 9.17) is 0 Å². The fourth-order valence-electron chi connectivity index (χ4n) is 0.465. The summed E-state index contributed by atoms with van der Waals surface area (Å²) >= 11 is -1.51. The van der Waals surface area contributed by atoms with Crippen molar-refractivity contribution in [1.82, 2.24) is 0 Å². The van der Waals surface area contributed by atoms with Crippen LogP contribution >= 0.6 is 11.6 Å². The van der Waals surface area contributed by atoms with E-state index >= 15 is 0 Å². The number of hydrogen-bond donors (Lipinski definition) is 0. The van der Waals surface area contributed by atoms with Crippen LogP contribution in [-0.2, 0) is 11.1 Å². The summed E-state index contributed by atoms with van der Waals surface area (Å²) in [7, 11) is 0. The third-order valence-corrected chi connectivity index (χ3v) is 2.24. The molecule has 0 heterocycles. The molecule has 0 aliphatic rings. The fourth-order valence-corrected chi connectivity index (χ4v) is 0.922. The minimum Gasteiger partial charge on any atom is -0.768 e. The molecule has 98 valence electrons. The van der Waals surface area contributed by atoms with Crippen LogP contribution in [0.2, 0.25) is 0 Å². The zero-order valence-corrected chi connectivity index (χ0v) is 11.2. The molecule has 0 saturated heterocycles. The molecular formula is C4ClF8NaO2S. The molecule has 1 unspecified atom stereocenters. The zero-order valence-electron chi connectivity index (χ0n) is 7.63. The average Bonchev–Trinajstić information content (AvgIpc) is 2.00. The number of halogens is 9. The molecule has 0 amide bonds. The van der Waals surface area contributed by atoms with Crippen LogP contribution in [-0.4, -0.2) is 31.2 Å². The Hall–Kier alpha value is 0.840. The first kappa shape index (κ1) is 20.2. The summed E-state index contributed by atoms with van der Waals surface area (Å²) in [5.74, 6) is -13.6. The summed E-state index contributed by atoms with van der Waals surface area (Å²) in [6.45, 7) is 0. The molecule has 13 heteroatoms. The molecule has 0 bridgehead atoms. The summed E-state index contributed by atoms with van der Waals surface area (Å²) < 4.78 is 116. The Morgan fingerprint density at radius 3 is 1.35 bits per heavy atom. The molecule has 0 fully saturated rings. The van der Waals surface area contributed by atoms with Crippen LogP contribution in [0.15, 0.2) is 0 Å². The van der Waals surface area contributed by atoms with Gasteiger partial charge >= 0.3 is 52.0 Å². The van der Waals surface area contributed by atoms with Crippen LogP contribution in [0.4, 0.5) is 35.1 Å². The van der Waals surface area contributed by atoms with Crippen molar-refractivity contribution in [3.8, 4) is 0 Å². The quantitative estimate of drug-likeness (QED) is 0.305. The SMILES string of the molecule is O=S([O-])C(F)(F)C(F)(F)C(F)(F)C(F)(F)Cl.[Na+]. The van der Waals surface area contributed by atoms with E-state index < -0.39 is 33.6 Å². The van der Waals surface area contributed by atoms with Gasteiger partial charge in [0, 0.05) is 11.1 Å². The Labute approximate surface area is 118 Å². The van der Waals surface area contributed by atoms with Gasteiger partial charge in [-0.1, -0.05) is 0 Å². The molecule has 0 radical (unpaired) electrons. The zero-order chi connectivity index (χ0) is 13.6. The van der Waals surface area contributed by atoms with Gasteiger partial charge in [0.15, 0.2) is 0 Å². The Bertz CT molecular complexity index is 304. The summed E-state index contributed by atoms with van der Waals surface area (Å²) in [5, 5.41) is -12.4. The minimum atomic E-state index is -6.86. The monoisotopic (exact) mass is 322 g/mol. The summed E-state index contributed by atoms with van der Waals surface area (Å²) in [6, 6.07) is 0. The van der Waals surface area contributed by atoms with Crippen molar-refractivity contribution in [2.45, 2.75) is 22.5 Å². The van der Waals surface area contributed by atoms with E-state index in [9.17, 15) is 43.9 Å². The number of alkyl halides is 9. The van der Waals surface area contributed by atoms with Gasteiger partial charge in [-0.3, -0.25) is 4.21 Å². The standard InChI is InChI=1S/C4HClF8O2S.Na/c5-3(10,11)1(6,7)2(8,9)4(12,13)16(14)15;/h(H,14,15);/q;+1/p-1. The van der Waals surface area contributed by atoms with E-state index in [0.717, 1.165) is 0 Å². The van der Waals surface area contributed by atoms with Gasteiger partial charge in [0.1, 0.15) is 0 Å². The first-order chi connectivity index (χ1) is 6.69. The van der Waals surface area contributed by atoms with Crippen molar-refractivity contribution >= 4 is 22.7 Å². The normalized spacial score (nSPS) is 16.4. The second-order valence-corrected chi connectivity index (χ2v) is 3.85. The van der Waals surface area contributed by atoms with Gasteiger partial charge in [0.2, 0.25) is 0 Å². The van der Waals surface area contributed by atoms with Gasteiger partial charge in [0.05, 0.1) is 0 Å². The maximum Gasteiger partial charge on any atom is 1.00 e. The minimum absolute atomic E-state index is 0. The second kappa shape index (κ2) is 5.45. The van der Waals surface area contributed by atoms with E-state index in [1.165, 1.54) is 0 Å². The van der Waals surface area contributed by atoms with Crippen LogP contribution in [0.3, 0.4) is 0 Å². The molecule has 0 aromatic rings. The van der Waals surface area contributed by atoms with Crippen LogP contribution in [0.5, 0.6) is 0 Å². The van der Waals surface area contributed by atoms with Gasteiger partial charge in [-0.15, -0.1) is 0 Å². The van der Waals surface area contributed by atoms with Crippen LogP contribution in [0.25, 0.3) is 0 Å². The Kier molecular flexibility index (Phi) is 6.47. The second-order valence-electron chi connectivity index (χ2n) is 2.40. The fraction of sp³-hybridized carbons (Fsp3) is 1.00. The summed E-state index contributed by atoms with van der Waals surface area (Å²) in [5.41, 5.74) is 0. The van der Waals surface area contributed by atoms with Crippen LogP contribution in [0, 0.1) is 0 Å². The maximum absolute atomic E-state index is 12.3. The predicted octanol–water partition coefficient (Wildman–Crippen LogP) is -0.435. The molecule has 0 spiro atoms. The van der Waals surface area contributed by atoms with E-state index in [2.05, 4.69) is 11.6 Å². The van der Waals surface area contributed by atoms with Gasteiger partial charge in [-0.05, 0) is 11.6 Å². The number of rotatable bonds is 4. The third kappa shape index (κ3) is 3.24. The van der Waals surface area contributed by atoms with Crippen molar-refractivity contribution in [2.24, 2.45) is 0 Å². The van der Waals surface area contributed by atoms with Crippen molar-refractivity contribution in [3.05, 3.63) is 0 Å². The molecule has 0 aromatic heterocycles. The molecule has 1 atom stereocenters. The third-order valence-electron chi connectivity index (χ3n) is 1.33. The molecule has 0 rings (SSSR count). The van der Waals surface area contributed by atoms with E-state index in [0.29, 0.717) is 0 Å². The van der Waals surface area contributed by atoms with Gasteiger partial charge in [0.25, 0.3) is 0 Å². The largest absolute Gasteiger partial charge is 1.00 e. The number of hydrogen-bond acceptors (Lipinski definition) is 2. The molecule has 0 aliphatic heterocycles. The molecule has 0 N–H and O–H groups in total. The first-order valence-corrected chi connectivity index (χ1v) is 4.44. The molecule has 0 saturated carbocycles. The van der Waals surface area contributed by atoms with Crippen molar-refractivity contribution in [1.29, 1.82) is 0 Å².